The van der Waals surface area contributed by atoms with Crippen molar-refractivity contribution < 1.29 is 23.8 Å². The molecule has 1 saturated heterocycles. The lowest BCUT2D eigenvalue weighted by molar-refractivity contribution is -0.240. The fourth-order valence-electron chi connectivity index (χ4n) is 3.93. The summed E-state index contributed by atoms with van der Waals surface area (Å²) in [5, 5.41) is 0. The van der Waals surface area contributed by atoms with E-state index in [0.29, 0.717) is 12.4 Å². The summed E-state index contributed by atoms with van der Waals surface area (Å²) in [6.07, 6.45) is 0. The Bertz CT molecular complexity index is 1080. The first-order valence-electron chi connectivity index (χ1n) is 10.6. The van der Waals surface area contributed by atoms with Crippen molar-refractivity contribution in [1.82, 2.24) is 0 Å². The zero-order valence-electron chi connectivity index (χ0n) is 18.4. The summed E-state index contributed by atoms with van der Waals surface area (Å²) in [6, 6.07) is 25.1. The molecule has 3 aromatic rings. The molecule has 0 radical (unpaired) electrons. The van der Waals surface area contributed by atoms with Crippen LogP contribution in [0.15, 0.2) is 78.9 Å². The third-order valence-electron chi connectivity index (χ3n) is 5.46. The summed E-state index contributed by atoms with van der Waals surface area (Å²) in [7, 11) is 0. The highest BCUT2D eigenvalue weighted by atomic mass is 16.7. The van der Waals surface area contributed by atoms with E-state index in [9.17, 15) is 9.59 Å². The van der Waals surface area contributed by atoms with Crippen LogP contribution in [0.4, 0.5) is 0 Å². The minimum Gasteiger partial charge on any atom is -0.489 e. The molecule has 0 aromatic heterocycles. The van der Waals surface area contributed by atoms with Crippen LogP contribution in [0.2, 0.25) is 0 Å². The van der Waals surface area contributed by atoms with E-state index in [0.717, 1.165) is 22.3 Å². The summed E-state index contributed by atoms with van der Waals surface area (Å²) >= 11 is 0. The van der Waals surface area contributed by atoms with E-state index in [-0.39, 0.29) is 0 Å². The molecule has 1 aliphatic rings. The summed E-state index contributed by atoms with van der Waals surface area (Å²) in [4.78, 5) is 26.0. The Kier molecular flexibility index (Phi) is 5.99. The van der Waals surface area contributed by atoms with Gasteiger partial charge in [-0.2, -0.15) is 0 Å². The van der Waals surface area contributed by atoms with E-state index < -0.39 is 29.6 Å². The number of benzene rings is 3. The molecule has 1 unspecified atom stereocenters. The van der Waals surface area contributed by atoms with Gasteiger partial charge in [-0.3, -0.25) is 9.59 Å². The average Bonchev–Trinajstić information content (AvgIpc) is 2.76. The van der Waals surface area contributed by atoms with Crippen LogP contribution in [-0.2, 0) is 25.7 Å². The van der Waals surface area contributed by atoms with Crippen LogP contribution in [0, 0.1) is 12.8 Å². The number of ether oxygens (including phenoxy) is 3. The quantitative estimate of drug-likeness (QED) is 0.399. The van der Waals surface area contributed by atoms with E-state index in [2.05, 4.69) is 0 Å². The Morgan fingerprint density at radius 3 is 2.09 bits per heavy atom. The van der Waals surface area contributed by atoms with Gasteiger partial charge in [0.1, 0.15) is 12.4 Å². The smallest absolute Gasteiger partial charge is 0.324 e. The monoisotopic (exact) mass is 430 g/mol. The van der Waals surface area contributed by atoms with Gasteiger partial charge in [0.15, 0.2) is 5.92 Å². The zero-order chi connectivity index (χ0) is 22.7. The average molecular weight is 431 g/mol. The SMILES string of the molecule is Cc1ccc(C(c2ccccc2OCc2ccccc2)C2C(=O)OC(C)(C)OC2=O)cc1. The molecule has 5 nitrogen and oxygen atoms in total. The Hall–Kier alpha value is -3.60. The molecule has 1 fully saturated rings. The van der Waals surface area contributed by atoms with Crippen molar-refractivity contribution in [2.75, 3.05) is 0 Å². The first-order chi connectivity index (χ1) is 15.3. The number of cyclic esters (lactones) is 2. The number of rotatable bonds is 6. The van der Waals surface area contributed by atoms with Crippen LogP contribution in [0.5, 0.6) is 5.75 Å². The van der Waals surface area contributed by atoms with Gasteiger partial charge < -0.3 is 14.2 Å². The second-order valence-electron chi connectivity index (χ2n) is 8.42. The summed E-state index contributed by atoms with van der Waals surface area (Å²) < 4.78 is 17.0. The van der Waals surface area contributed by atoms with Crippen molar-refractivity contribution in [3.63, 3.8) is 0 Å². The molecule has 1 aliphatic heterocycles. The molecule has 32 heavy (non-hydrogen) atoms. The van der Waals surface area contributed by atoms with Gasteiger partial charge in [0.05, 0.1) is 0 Å². The Morgan fingerprint density at radius 1 is 0.844 bits per heavy atom. The lowest BCUT2D eigenvalue weighted by atomic mass is 9.79. The lowest BCUT2D eigenvalue weighted by Gasteiger charge is -2.36. The number of carbonyl (C=O) groups excluding carboxylic acids is 2. The normalized spacial score (nSPS) is 16.7. The maximum atomic E-state index is 13.0. The van der Waals surface area contributed by atoms with Gasteiger partial charge in [-0.05, 0) is 24.1 Å². The molecular weight excluding hydrogens is 404 g/mol. The number of para-hydroxylation sites is 1. The molecule has 1 atom stereocenters. The molecule has 0 aliphatic carbocycles. The van der Waals surface area contributed by atoms with Gasteiger partial charge in [0.25, 0.3) is 5.79 Å². The summed E-state index contributed by atoms with van der Waals surface area (Å²) in [5.41, 5.74) is 3.64. The third-order valence-corrected chi connectivity index (χ3v) is 5.46. The van der Waals surface area contributed by atoms with Gasteiger partial charge in [0.2, 0.25) is 0 Å². The highest BCUT2D eigenvalue weighted by Crippen LogP contribution is 2.41. The number of hydrogen-bond acceptors (Lipinski definition) is 5. The van der Waals surface area contributed by atoms with Crippen molar-refractivity contribution >= 4 is 11.9 Å². The van der Waals surface area contributed by atoms with E-state index >= 15 is 0 Å². The maximum absolute atomic E-state index is 13.0. The molecule has 0 bridgehead atoms. The van der Waals surface area contributed by atoms with Gasteiger partial charge in [-0.1, -0.05) is 78.4 Å². The molecule has 0 saturated carbocycles. The van der Waals surface area contributed by atoms with E-state index in [1.807, 2.05) is 85.8 Å². The number of esters is 2. The lowest BCUT2D eigenvalue weighted by Crippen LogP contribution is -2.48. The molecular formula is C27H26O5. The van der Waals surface area contributed by atoms with Gasteiger partial charge in [-0.25, -0.2) is 0 Å². The Balaban J connectivity index is 1.75. The zero-order valence-corrected chi connectivity index (χ0v) is 18.4. The van der Waals surface area contributed by atoms with Crippen molar-refractivity contribution in [2.45, 2.75) is 39.1 Å². The molecule has 5 heteroatoms. The van der Waals surface area contributed by atoms with E-state index in [1.54, 1.807) is 13.8 Å². The van der Waals surface area contributed by atoms with Crippen LogP contribution >= 0.6 is 0 Å². The van der Waals surface area contributed by atoms with Crippen LogP contribution in [-0.4, -0.2) is 17.7 Å². The molecule has 0 N–H and O–H groups in total. The van der Waals surface area contributed by atoms with E-state index in [1.165, 1.54) is 0 Å². The fourth-order valence-corrected chi connectivity index (χ4v) is 3.93. The third kappa shape index (κ3) is 4.67. The molecule has 1 heterocycles. The van der Waals surface area contributed by atoms with Gasteiger partial charge >= 0.3 is 11.9 Å². The van der Waals surface area contributed by atoms with E-state index in [4.69, 9.17) is 14.2 Å². The second-order valence-corrected chi connectivity index (χ2v) is 8.42. The summed E-state index contributed by atoms with van der Waals surface area (Å²) in [5.74, 6) is -3.63. The highest BCUT2D eigenvalue weighted by molar-refractivity contribution is 5.98. The standard InChI is InChI=1S/C27H26O5/c1-18-13-15-20(16-14-18)23(24-25(28)31-27(2,3)32-26(24)29)21-11-7-8-12-22(21)30-17-19-9-5-4-6-10-19/h4-16,23-24H,17H2,1-3H3. The molecule has 0 spiro atoms. The highest BCUT2D eigenvalue weighted by Gasteiger charge is 2.48. The number of aryl methyl sites for hydroxylation is 1. The first kappa shape index (κ1) is 21.6. The predicted molar refractivity (Wildman–Crippen MR) is 120 cm³/mol. The molecule has 164 valence electrons. The second kappa shape index (κ2) is 8.87. The maximum Gasteiger partial charge on any atom is 0.324 e. The number of hydrogen-bond donors (Lipinski definition) is 0. The number of carbonyl (C=O) groups is 2. The van der Waals surface area contributed by atoms with Crippen LogP contribution in [0.3, 0.4) is 0 Å². The van der Waals surface area contributed by atoms with Crippen molar-refractivity contribution in [3.8, 4) is 5.75 Å². The van der Waals surface area contributed by atoms with Crippen molar-refractivity contribution in [3.05, 3.63) is 101 Å². The van der Waals surface area contributed by atoms with Crippen LogP contribution in [0.1, 0.15) is 42.0 Å². The van der Waals surface area contributed by atoms with Gasteiger partial charge in [0, 0.05) is 25.3 Å². The predicted octanol–water partition coefficient (Wildman–Crippen LogP) is 5.16. The first-order valence-corrected chi connectivity index (χ1v) is 10.6. The Labute approximate surface area is 187 Å². The van der Waals surface area contributed by atoms with Gasteiger partial charge in [-0.15, -0.1) is 0 Å². The largest absolute Gasteiger partial charge is 0.489 e. The molecule has 3 aromatic carbocycles. The van der Waals surface area contributed by atoms with Crippen LogP contribution in [0.25, 0.3) is 0 Å². The van der Waals surface area contributed by atoms with Crippen LogP contribution < -0.4 is 4.74 Å². The van der Waals surface area contributed by atoms with Crippen molar-refractivity contribution in [1.29, 1.82) is 0 Å². The minimum absolute atomic E-state index is 0.366. The Morgan fingerprint density at radius 2 is 1.44 bits per heavy atom. The fraction of sp³-hybridized carbons (Fsp3) is 0.259. The topological polar surface area (TPSA) is 61.8 Å². The summed E-state index contributed by atoms with van der Waals surface area (Å²) in [6.45, 7) is 5.46. The minimum atomic E-state index is -1.29. The van der Waals surface area contributed by atoms with Crippen molar-refractivity contribution in [2.24, 2.45) is 5.92 Å². The molecule has 0 amide bonds. The molecule has 4 rings (SSSR count).